The number of pyridine rings is 1. The smallest absolute Gasteiger partial charge is 0.186 e. The number of fused-ring (bicyclic) bond motifs is 2. The molecular formula is C19H28N4S. The molecule has 4 rings (SSSR count). The van der Waals surface area contributed by atoms with E-state index in [4.69, 9.17) is 12.2 Å². The zero-order valence-electron chi connectivity index (χ0n) is 15.0. The van der Waals surface area contributed by atoms with Crippen LogP contribution in [-0.2, 0) is 0 Å². The molecule has 2 N–H and O–H groups in total. The number of aromatic nitrogens is 1. The highest BCUT2D eigenvalue weighted by molar-refractivity contribution is 7.80. The largest absolute Gasteiger partial charge is 0.361 e. The molecule has 3 fully saturated rings. The van der Waals surface area contributed by atoms with E-state index in [9.17, 15) is 0 Å². The van der Waals surface area contributed by atoms with Crippen LogP contribution in [0.15, 0.2) is 29.5 Å². The van der Waals surface area contributed by atoms with Crippen molar-refractivity contribution in [2.24, 2.45) is 34.2 Å². The van der Waals surface area contributed by atoms with Gasteiger partial charge in [-0.1, -0.05) is 26.8 Å². The molecule has 0 amide bonds. The molecule has 3 saturated carbocycles. The van der Waals surface area contributed by atoms with Crippen LogP contribution in [0.4, 0.5) is 0 Å². The Labute approximate surface area is 150 Å². The summed E-state index contributed by atoms with van der Waals surface area (Å²) in [6.45, 7) is 10.2. The molecule has 3 aliphatic carbocycles. The Morgan fingerprint density at radius 1 is 1.38 bits per heavy atom. The first-order chi connectivity index (χ1) is 11.4. The van der Waals surface area contributed by atoms with Crippen LogP contribution >= 0.6 is 12.2 Å². The van der Waals surface area contributed by atoms with E-state index in [1.165, 1.54) is 12.8 Å². The molecule has 2 bridgehead atoms. The Morgan fingerprint density at radius 2 is 2.17 bits per heavy atom. The molecule has 4 atom stereocenters. The highest BCUT2D eigenvalue weighted by Crippen LogP contribution is 2.62. The molecule has 1 aromatic heterocycles. The third-order valence-electron chi connectivity index (χ3n) is 6.40. The number of nitrogens with one attached hydrogen (secondary N) is 2. The number of rotatable bonds is 4. The second kappa shape index (κ2) is 6.79. The number of hydrazone groups is 1. The summed E-state index contributed by atoms with van der Waals surface area (Å²) in [5.74, 6) is 3.23. The maximum atomic E-state index is 5.37. The van der Waals surface area contributed by atoms with E-state index in [1.807, 2.05) is 25.1 Å². The Kier molecular flexibility index (Phi) is 4.90. The van der Waals surface area contributed by atoms with Gasteiger partial charge >= 0.3 is 0 Å². The molecule has 0 saturated heterocycles. The molecule has 130 valence electrons. The Balaban J connectivity index is 1.47. The second-order valence-corrected chi connectivity index (χ2v) is 8.36. The van der Waals surface area contributed by atoms with Gasteiger partial charge in [-0.15, -0.1) is 0 Å². The van der Waals surface area contributed by atoms with Gasteiger partial charge in [0.05, 0.1) is 11.4 Å². The molecule has 0 radical (unpaired) electrons. The number of hydrogen-bond donors (Lipinski definition) is 2. The third-order valence-corrected chi connectivity index (χ3v) is 6.63. The molecule has 24 heavy (non-hydrogen) atoms. The Bertz CT molecular complexity index is 626. The van der Waals surface area contributed by atoms with Gasteiger partial charge < -0.3 is 5.32 Å². The van der Waals surface area contributed by atoms with Crippen molar-refractivity contribution in [3.63, 3.8) is 0 Å². The normalized spacial score (nSPS) is 31.1. The first kappa shape index (κ1) is 17.3. The average Bonchev–Trinajstić information content (AvgIpc) is 2.58. The Hall–Kier alpha value is -1.49. The monoisotopic (exact) mass is 344 g/mol. The lowest BCUT2D eigenvalue weighted by Crippen LogP contribution is -2.56. The van der Waals surface area contributed by atoms with Crippen LogP contribution in [0.1, 0.15) is 46.2 Å². The predicted molar refractivity (Wildman–Crippen MR) is 103 cm³/mol. The molecule has 4 unspecified atom stereocenters. The maximum Gasteiger partial charge on any atom is 0.186 e. The highest BCUT2D eigenvalue weighted by atomic mass is 32.1. The topological polar surface area (TPSA) is 49.3 Å². The molecule has 0 aliphatic heterocycles. The minimum absolute atomic E-state index is 0.540. The van der Waals surface area contributed by atoms with E-state index in [0.717, 1.165) is 35.7 Å². The summed E-state index contributed by atoms with van der Waals surface area (Å²) in [6, 6.07) is 5.79. The van der Waals surface area contributed by atoms with Gasteiger partial charge in [0.15, 0.2) is 5.11 Å². The lowest BCUT2D eigenvalue weighted by atomic mass is 9.43. The van der Waals surface area contributed by atoms with Gasteiger partial charge in [-0.2, -0.15) is 5.10 Å². The number of hydrogen-bond acceptors (Lipinski definition) is 3. The molecule has 0 spiro atoms. The van der Waals surface area contributed by atoms with Crippen LogP contribution in [0, 0.1) is 29.1 Å². The fraction of sp³-hybridized carbons (Fsp3) is 0.632. The van der Waals surface area contributed by atoms with E-state index < -0.39 is 0 Å². The van der Waals surface area contributed by atoms with Gasteiger partial charge in [-0.3, -0.25) is 10.4 Å². The summed E-state index contributed by atoms with van der Waals surface area (Å²) in [5.41, 5.74) is 5.17. The molecule has 1 heterocycles. The first-order valence-electron chi connectivity index (χ1n) is 8.89. The molecule has 5 heteroatoms. The zero-order chi connectivity index (χ0) is 17.3. The number of thiocarbonyl (C=S) groups is 1. The van der Waals surface area contributed by atoms with Crippen molar-refractivity contribution in [3.05, 3.63) is 30.1 Å². The van der Waals surface area contributed by atoms with Crippen molar-refractivity contribution in [2.75, 3.05) is 6.54 Å². The van der Waals surface area contributed by atoms with Gasteiger partial charge in [-0.25, -0.2) is 0 Å². The van der Waals surface area contributed by atoms with Gasteiger partial charge in [0.1, 0.15) is 0 Å². The first-order valence-corrected chi connectivity index (χ1v) is 9.30. The summed E-state index contributed by atoms with van der Waals surface area (Å²) in [7, 11) is 0. The lowest BCUT2D eigenvalue weighted by Gasteiger charge is -2.62. The summed E-state index contributed by atoms with van der Waals surface area (Å²) in [4.78, 5) is 4.28. The van der Waals surface area contributed by atoms with E-state index in [-0.39, 0.29) is 0 Å². The van der Waals surface area contributed by atoms with Crippen LogP contribution in [0.5, 0.6) is 0 Å². The maximum absolute atomic E-state index is 5.37. The third kappa shape index (κ3) is 3.32. The van der Waals surface area contributed by atoms with Crippen molar-refractivity contribution in [3.8, 4) is 0 Å². The van der Waals surface area contributed by atoms with Crippen LogP contribution in [-0.4, -0.2) is 22.4 Å². The summed E-state index contributed by atoms with van der Waals surface area (Å²) >= 11 is 5.37. The van der Waals surface area contributed by atoms with Gasteiger partial charge in [0, 0.05) is 12.7 Å². The van der Waals surface area contributed by atoms with Gasteiger partial charge in [-0.05, 0) is 73.2 Å². The van der Waals surface area contributed by atoms with Crippen molar-refractivity contribution < 1.29 is 0 Å². The van der Waals surface area contributed by atoms with Gasteiger partial charge in [0.25, 0.3) is 0 Å². The lowest BCUT2D eigenvalue weighted by molar-refractivity contribution is -0.126. The fourth-order valence-corrected chi connectivity index (χ4v) is 4.69. The van der Waals surface area contributed by atoms with Crippen molar-refractivity contribution >= 4 is 23.0 Å². The van der Waals surface area contributed by atoms with E-state index >= 15 is 0 Å². The van der Waals surface area contributed by atoms with Crippen molar-refractivity contribution in [1.82, 2.24) is 15.7 Å². The molecule has 0 aromatic carbocycles. The summed E-state index contributed by atoms with van der Waals surface area (Å²) in [6.07, 6.45) is 4.50. The van der Waals surface area contributed by atoms with E-state index in [0.29, 0.717) is 16.4 Å². The SMILES string of the molecule is CC(=NNC(=S)NCC1CC2CC(C1C)C2(C)C)c1ccccn1. The van der Waals surface area contributed by atoms with Crippen LogP contribution in [0.25, 0.3) is 0 Å². The molecule has 3 aliphatic rings. The summed E-state index contributed by atoms with van der Waals surface area (Å²) < 4.78 is 0. The van der Waals surface area contributed by atoms with E-state index in [1.54, 1.807) is 6.20 Å². The second-order valence-electron chi connectivity index (χ2n) is 7.95. The Morgan fingerprint density at radius 3 is 2.79 bits per heavy atom. The van der Waals surface area contributed by atoms with Crippen LogP contribution in [0.2, 0.25) is 0 Å². The van der Waals surface area contributed by atoms with Crippen molar-refractivity contribution in [1.29, 1.82) is 0 Å². The quantitative estimate of drug-likeness (QED) is 0.498. The average molecular weight is 345 g/mol. The minimum Gasteiger partial charge on any atom is -0.361 e. The van der Waals surface area contributed by atoms with Crippen LogP contribution in [0.3, 0.4) is 0 Å². The summed E-state index contributed by atoms with van der Waals surface area (Å²) in [5, 5.41) is 8.27. The van der Waals surface area contributed by atoms with Crippen molar-refractivity contribution in [2.45, 2.75) is 40.5 Å². The van der Waals surface area contributed by atoms with Crippen LogP contribution < -0.4 is 10.7 Å². The van der Waals surface area contributed by atoms with E-state index in [2.05, 4.69) is 41.6 Å². The fourth-order valence-electron chi connectivity index (χ4n) is 4.56. The molecule has 1 aromatic rings. The number of nitrogens with zero attached hydrogens (tertiary/aromatic N) is 2. The predicted octanol–water partition coefficient (Wildman–Crippen LogP) is 3.59. The molecular weight excluding hydrogens is 316 g/mol. The van der Waals surface area contributed by atoms with Gasteiger partial charge in [0.2, 0.25) is 0 Å². The standard InChI is InChI=1S/C19H28N4S/c1-12-14(9-15-10-16(12)19(15,3)4)11-21-18(24)23-22-13(2)17-7-5-6-8-20-17/h5-8,12,14-16H,9-11H2,1-4H3,(H2,21,23,24). The highest BCUT2D eigenvalue weighted by Gasteiger charge is 2.55. The molecule has 4 nitrogen and oxygen atoms in total. The minimum atomic E-state index is 0.540. The zero-order valence-corrected chi connectivity index (χ0v) is 15.9.